The first kappa shape index (κ1) is 22.2. The minimum Gasteiger partial charge on any atom is -0.394 e. The predicted octanol–water partition coefficient (Wildman–Crippen LogP) is 5.54. The first-order valence-electron chi connectivity index (χ1n) is 9.69. The Morgan fingerprint density at radius 3 is 2.27 bits per heavy atom. The van der Waals surface area contributed by atoms with Crippen LogP contribution in [-0.2, 0) is 30.9 Å². The molecule has 5 nitrogen and oxygen atoms in total. The van der Waals surface area contributed by atoms with Gasteiger partial charge in [-0.15, -0.1) is 51.4 Å². The maximum atomic E-state index is 7.05. The van der Waals surface area contributed by atoms with E-state index in [-0.39, 0.29) is 42.3 Å². The minimum atomic E-state index is 0. The zero-order valence-corrected chi connectivity index (χ0v) is 20.4. The molecule has 0 bridgehead atoms. The topological polar surface area (TPSA) is 55.9 Å². The van der Waals surface area contributed by atoms with Crippen molar-refractivity contribution in [2.75, 3.05) is 0 Å². The van der Waals surface area contributed by atoms with Crippen LogP contribution in [0.3, 0.4) is 0 Å². The smallest absolute Gasteiger partial charge is 0.375 e. The normalized spacial score (nSPS) is 17.5. The van der Waals surface area contributed by atoms with Gasteiger partial charge in [0.15, 0.2) is 6.33 Å². The Bertz CT molecular complexity index is 1140. The van der Waals surface area contributed by atoms with Crippen molar-refractivity contribution < 1.29 is 20.1 Å². The number of aromatic nitrogens is 4. The van der Waals surface area contributed by atoms with Crippen molar-refractivity contribution in [2.45, 2.75) is 52.4 Å². The Morgan fingerprint density at radius 2 is 1.63 bits per heavy atom. The Kier molecular flexibility index (Phi) is 5.43. The van der Waals surface area contributed by atoms with Crippen LogP contribution in [0, 0.1) is 18.1 Å². The number of rotatable bonds is 2. The van der Waals surface area contributed by atoms with Crippen LogP contribution in [0.25, 0.3) is 27.5 Å². The van der Waals surface area contributed by atoms with E-state index in [0.29, 0.717) is 5.82 Å². The van der Waals surface area contributed by atoms with E-state index < -0.39 is 0 Å². The molecule has 0 atom stereocenters. The van der Waals surface area contributed by atoms with Gasteiger partial charge in [0.1, 0.15) is 0 Å². The van der Waals surface area contributed by atoms with Crippen molar-refractivity contribution in [3.63, 3.8) is 0 Å². The molecule has 2 aromatic heterocycles. The van der Waals surface area contributed by atoms with Crippen molar-refractivity contribution in [2.24, 2.45) is 5.41 Å². The summed E-state index contributed by atoms with van der Waals surface area (Å²) in [6.45, 7) is 21.1. The summed E-state index contributed by atoms with van der Waals surface area (Å²) < 4.78 is 0. The molecule has 0 saturated heterocycles. The molecule has 1 aromatic carbocycles. The van der Waals surface area contributed by atoms with Crippen LogP contribution in [0.4, 0.5) is 5.95 Å². The average molecular weight is 575 g/mol. The molecular formula is C24H24IrN5-. The second-order valence-electron chi connectivity index (χ2n) is 9.20. The van der Waals surface area contributed by atoms with E-state index in [2.05, 4.69) is 84.5 Å². The third-order valence-electron chi connectivity index (χ3n) is 7.38. The molecule has 0 N–H and O–H groups in total. The van der Waals surface area contributed by atoms with Crippen LogP contribution in [-0.4, -0.2) is 19.9 Å². The van der Waals surface area contributed by atoms with Crippen LogP contribution in [0.15, 0.2) is 36.8 Å². The predicted molar refractivity (Wildman–Crippen MR) is 113 cm³/mol. The van der Waals surface area contributed by atoms with E-state index in [4.69, 9.17) is 6.57 Å². The fourth-order valence-corrected chi connectivity index (χ4v) is 4.29. The number of hydrogen-bond donors (Lipinski definition) is 0. The molecule has 3 aromatic rings. The minimum absolute atomic E-state index is 0. The molecule has 6 heteroatoms. The van der Waals surface area contributed by atoms with Gasteiger partial charge in [-0.25, -0.2) is 0 Å². The van der Waals surface area contributed by atoms with E-state index in [1.165, 1.54) is 17.5 Å². The molecule has 1 aliphatic carbocycles. The largest absolute Gasteiger partial charge is 0.394 e. The summed E-state index contributed by atoms with van der Waals surface area (Å²) >= 11 is 0. The Hall–Kier alpha value is -2.48. The molecule has 0 aliphatic heterocycles. The van der Waals surface area contributed by atoms with Crippen LogP contribution in [0.2, 0.25) is 0 Å². The second kappa shape index (κ2) is 7.34. The van der Waals surface area contributed by atoms with Crippen LogP contribution >= 0.6 is 0 Å². The summed E-state index contributed by atoms with van der Waals surface area (Å²) in [6.07, 6.45) is 3.09. The maximum Gasteiger partial charge on any atom is 0.375 e. The molecule has 0 fully saturated rings. The Labute approximate surface area is 191 Å². The average Bonchev–Trinajstić information content (AvgIpc) is 2.82. The molecule has 0 saturated carbocycles. The Balaban J connectivity index is 0.00000256. The standard InChI is InChI=1S/C24H24N5.Ir/c1-22(2)17-10-8-15(12-18(17)23(3,4)24(22,5)6)19-11-9-16(13-26-19)20-27-14-28-21(25-7)29-20;/h9-14H,1-6H3;/q-1;. The fraction of sp³-hybridized carbons (Fsp3) is 0.375. The van der Waals surface area contributed by atoms with Crippen molar-refractivity contribution in [3.05, 3.63) is 65.4 Å². The first-order valence-corrected chi connectivity index (χ1v) is 9.69. The molecular weight excluding hydrogens is 551 g/mol. The van der Waals surface area contributed by atoms with Crippen molar-refractivity contribution in [1.29, 1.82) is 0 Å². The van der Waals surface area contributed by atoms with E-state index in [0.717, 1.165) is 16.8 Å². The summed E-state index contributed by atoms with van der Waals surface area (Å²) in [5, 5.41) is 0. The molecule has 4 rings (SSSR count). The second-order valence-corrected chi connectivity index (χ2v) is 9.20. The summed E-state index contributed by atoms with van der Waals surface area (Å²) in [7, 11) is 0. The molecule has 155 valence electrons. The number of benzene rings is 1. The maximum absolute atomic E-state index is 7.05. The van der Waals surface area contributed by atoms with Gasteiger partial charge in [0, 0.05) is 26.3 Å². The third-order valence-corrected chi connectivity index (χ3v) is 7.38. The van der Waals surface area contributed by atoms with Crippen LogP contribution in [0.1, 0.15) is 52.7 Å². The fourth-order valence-electron chi connectivity index (χ4n) is 4.29. The van der Waals surface area contributed by atoms with Crippen molar-refractivity contribution in [3.8, 4) is 22.6 Å². The molecule has 2 heterocycles. The third kappa shape index (κ3) is 3.09. The van der Waals surface area contributed by atoms with Gasteiger partial charge in [0.25, 0.3) is 0 Å². The van der Waals surface area contributed by atoms with E-state index in [1.54, 1.807) is 6.20 Å². The van der Waals surface area contributed by atoms with Gasteiger partial charge in [-0.3, -0.25) is 0 Å². The molecule has 1 aliphatic rings. The summed E-state index contributed by atoms with van der Waals surface area (Å²) in [4.78, 5) is 20.0. The first-order chi connectivity index (χ1) is 13.6. The van der Waals surface area contributed by atoms with Gasteiger partial charge in [-0.1, -0.05) is 53.7 Å². The molecule has 30 heavy (non-hydrogen) atoms. The molecule has 0 spiro atoms. The van der Waals surface area contributed by atoms with Crippen molar-refractivity contribution in [1.82, 2.24) is 19.9 Å². The quantitative estimate of drug-likeness (QED) is 0.377. The molecule has 0 unspecified atom stereocenters. The Morgan fingerprint density at radius 1 is 0.933 bits per heavy atom. The van der Waals surface area contributed by atoms with Gasteiger partial charge in [0.2, 0.25) is 5.82 Å². The number of fused-ring (bicyclic) bond motifs is 1. The van der Waals surface area contributed by atoms with Crippen LogP contribution in [0.5, 0.6) is 0 Å². The van der Waals surface area contributed by atoms with Gasteiger partial charge in [-0.05, 0) is 21.9 Å². The van der Waals surface area contributed by atoms with Gasteiger partial charge in [0.05, 0.1) is 5.56 Å². The van der Waals surface area contributed by atoms with Crippen molar-refractivity contribution >= 4 is 5.95 Å². The number of pyridine rings is 1. The summed E-state index contributed by atoms with van der Waals surface area (Å²) in [6, 6.07) is 11.7. The monoisotopic (exact) mass is 575 g/mol. The SMILES string of the molecule is [C-]#[N+]c1ncnc(-c2ccc(-c3[c-]cc4c(c3)C(C)(C)C(C)(C)C4(C)C)nc2)n1.[Ir]. The van der Waals surface area contributed by atoms with E-state index in [1.807, 2.05) is 12.1 Å². The summed E-state index contributed by atoms with van der Waals surface area (Å²) in [5.74, 6) is 0.533. The number of nitrogens with zero attached hydrogens (tertiary/aromatic N) is 5. The van der Waals surface area contributed by atoms with E-state index >= 15 is 0 Å². The molecule has 1 radical (unpaired) electrons. The van der Waals surface area contributed by atoms with Gasteiger partial charge < -0.3 is 9.83 Å². The van der Waals surface area contributed by atoms with Crippen LogP contribution < -0.4 is 0 Å². The van der Waals surface area contributed by atoms with E-state index in [9.17, 15) is 0 Å². The summed E-state index contributed by atoms with van der Waals surface area (Å²) in [5.41, 5.74) is 5.55. The zero-order valence-electron chi connectivity index (χ0n) is 18.0. The zero-order chi connectivity index (χ0) is 21.0. The van der Waals surface area contributed by atoms with Gasteiger partial charge >= 0.3 is 5.95 Å². The number of hydrogen-bond acceptors (Lipinski definition) is 4. The van der Waals surface area contributed by atoms with Gasteiger partial charge in [-0.2, -0.15) is 4.98 Å². The molecule has 0 amide bonds.